The van der Waals surface area contributed by atoms with Crippen LogP contribution in [0.1, 0.15) is 35.5 Å². The van der Waals surface area contributed by atoms with Crippen molar-refractivity contribution in [2.24, 2.45) is 0 Å². The number of phenolic OH excluding ortho intramolecular Hbond substituents is 2. The highest BCUT2D eigenvalue weighted by Gasteiger charge is 2.29. The molecule has 0 radical (unpaired) electrons. The molecule has 10 heteroatoms. The predicted octanol–water partition coefficient (Wildman–Crippen LogP) is 4.22. The van der Waals surface area contributed by atoms with E-state index in [1.807, 2.05) is 20.1 Å². The van der Waals surface area contributed by atoms with Crippen LogP contribution in [0.5, 0.6) is 11.5 Å². The number of nitrogens with zero attached hydrogens (tertiary/aromatic N) is 1. The van der Waals surface area contributed by atoms with Crippen molar-refractivity contribution in [3.05, 3.63) is 28.6 Å². The average Bonchev–Trinajstić information content (AvgIpc) is 3.09. The molecule has 1 amide bonds. The van der Waals surface area contributed by atoms with Crippen LogP contribution in [0.2, 0.25) is 0 Å². The van der Waals surface area contributed by atoms with E-state index in [0.717, 1.165) is 11.3 Å². The first kappa shape index (κ1) is 24.9. The number of hydrogen-bond donors (Lipinski definition) is 3. The summed E-state index contributed by atoms with van der Waals surface area (Å²) < 4.78 is 5.49. The van der Waals surface area contributed by atoms with Crippen LogP contribution in [0, 0.1) is 11.3 Å². The number of amides is 1. The van der Waals surface area contributed by atoms with Crippen LogP contribution in [0.15, 0.2) is 22.4 Å². The van der Waals surface area contributed by atoms with Gasteiger partial charge in [-0.1, -0.05) is 19.9 Å². The van der Waals surface area contributed by atoms with Gasteiger partial charge in [-0.25, -0.2) is 4.79 Å². The van der Waals surface area contributed by atoms with Gasteiger partial charge in [0.25, 0.3) is 5.91 Å². The summed E-state index contributed by atoms with van der Waals surface area (Å²) >= 11 is 4.17. The van der Waals surface area contributed by atoms with E-state index in [2.05, 4.69) is 11.4 Å². The zero-order valence-electron chi connectivity index (χ0n) is 17.6. The van der Waals surface area contributed by atoms with Gasteiger partial charge >= 0.3 is 5.97 Å². The second-order valence-corrected chi connectivity index (χ2v) is 10.6. The largest absolute Gasteiger partial charge is 0.504 e. The summed E-state index contributed by atoms with van der Waals surface area (Å²) in [4.78, 5) is 25.6. The Morgan fingerprint density at radius 1 is 1.29 bits per heavy atom. The fourth-order valence-electron chi connectivity index (χ4n) is 2.77. The number of carbonyl (C=O) groups excluding carboxylic acids is 2. The van der Waals surface area contributed by atoms with Crippen molar-refractivity contribution < 1.29 is 24.5 Å². The highest BCUT2D eigenvalue weighted by Crippen LogP contribution is 2.44. The minimum Gasteiger partial charge on any atom is -0.504 e. The number of nitrogens with one attached hydrogen (secondary N) is 1. The number of hydrogen-bond acceptors (Lipinski definition) is 9. The van der Waals surface area contributed by atoms with Crippen molar-refractivity contribution in [2.45, 2.75) is 35.8 Å². The number of carbonyl (C=O) groups is 2. The van der Waals surface area contributed by atoms with Crippen molar-refractivity contribution in [3.63, 3.8) is 0 Å². The molecule has 7 nitrogen and oxygen atoms in total. The van der Waals surface area contributed by atoms with Crippen molar-refractivity contribution in [1.82, 2.24) is 5.32 Å². The molecule has 1 aromatic heterocycles. The topological polar surface area (TPSA) is 120 Å². The Balaban J connectivity index is 2.57. The monoisotopic (exact) mass is 480 g/mol. The van der Waals surface area contributed by atoms with Crippen molar-refractivity contribution in [2.75, 3.05) is 19.1 Å². The van der Waals surface area contributed by atoms with Gasteiger partial charge in [-0.2, -0.15) is 17.0 Å². The lowest BCUT2D eigenvalue weighted by Gasteiger charge is -2.16. The van der Waals surface area contributed by atoms with Gasteiger partial charge in [0, 0.05) is 10.8 Å². The molecule has 0 spiro atoms. The predicted molar refractivity (Wildman–Crippen MR) is 125 cm³/mol. The Morgan fingerprint density at radius 2 is 2.00 bits per heavy atom. The maximum absolute atomic E-state index is 13.2. The normalized spacial score (nSPS) is 11.7. The van der Waals surface area contributed by atoms with E-state index in [1.165, 1.54) is 37.1 Å². The van der Waals surface area contributed by atoms with Crippen LogP contribution in [0.25, 0.3) is 11.1 Å². The number of aromatic hydroxyl groups is 2. The molecule has 0 aliphatic carbocycles. The van der Waals surface area contributed by atoms with Crippen LogP contribution < -0.4 is 5.32 Å². The summed E-state index contributed by atoms with van der Waals surface area (Å²) in [5.41, 5.74) is 1.09. The van der Waals surface area contributed by atoms with Crippen LogP contribution >= 0.6 is 34.9 Å². The van der Waals surface area contributed by atoms with E-state index < -0.39 is 17.9 Å². The molecular weight excluding hydrogens is 456 g/mol. The van der Waals surface area contributed by atoms with E-state index >= 15 is 0 Å². The van der Waals surface area contributed by atoms with Gasteiger partial charge in [0.2, 0.25) is 0 Å². The fraction of sp³-hybridized carbons (Fsp3) is 0.381. The van der Waals surface area contributed by atoms with Crippen LogP contribution in [-0.4, -0.2) is 52.5 Å². The van der Waals surface area contributed by atoms with Crippen molar-refractivity contribution >= 4 is 46.7 Å². The zero-order chi connectivity index (χ0) is 23.1. The minimum absolute atomic E-state index is 0.173. The second kappa shape index (κ2) is 11.3. The molecule has 0 saturated carbocycles. The molecule has 1 heterocycles. The number of thiophene rings is 1. The number of ether oxygens (including phenoxy) is 1. The first-order chi connectivity index (χ1) is 14.7. The van der Waals surface area contributed by atoms with Crippen molar-refractivity contribution in [1.29, 1.82) is 5.26 Å². The Kier molecular flexibility index (Phi) is 9.10. The standard InChI is InChI=1S/C21H24N2O5S3/c1-11(2)30-21-13(10-22)17(12-5-6-15(24)16(25)9-12)18(31-21)19(26)23-14(7-8-29-4)20(27)28-3/h5-6,9,11,14,24-25H,7-8H2,1-4H3,(H,23,26)/t14-/m0/s1. The number of phenols is 2. The Morgan fingerprint density at radius 3 is 2.55 bits per heavy atom. The molecule has 31 heavy (non-hydrogen) atoms. The van der Waals surface area contributed by atoms with Crippen LogP contribution in [0.3, 0.4) is 0 Å². The van der Waals surface area contributed by atoms with Gasteiger partial charge in [0.05, 0.1) is 16.9 Å². The van der Waals surface area contributed by atoms with Gasteiger partial charge in [-0.05, 0) is 36.1 Å². The lowest BCUT2D eigenvalue weighted by molar-refractivity contribution is -0.142. The Labute approximate surface area is 193 Å². The molecule has 1 atom stereocenters. The van der Waals surface area contributed by atoms with Gasteiger partial charge in [-0.3, -0.25) is 4.79 Å². The van der Waals surface area contributed by atoms with Gasteiger partial charge < -0.3 is 20.3 Å². The van der Waals surface area contributed by atoms with Crippen LogP contribution in [-0.2, 0) is 9.53 Å². The molecule has 0 bridgehead atoms. The van der Waals surface area contributed by atoms with Crippen LogP contribution in [0.4, 0.5) is 0 Å². The van der Waals surface area contributed by atoms with Gasteiger partial charge in [0.1, 0.15) is 17.0 Å². The summed E-state index contributed by atoms with van der Waals surface area (Å²) in [6.07, 6.45) is 2.30. The molecule has 0 fully saturated rings. The number of benzene rings is 1. The Hall–Kier alpha value is -2.35. The van der Waals surface area contributed by atoms with E-state index in [-0.39, 0.29) is 21.6 Å². The van der Waals surface area contributed by atoms with Crippen molar-refractivity contribution in [3.8, 4) is 28.7 Å². The number of thioether (sulfide) groups is 2. The third-order valence-electron chi connectivity index (χ3n) is 4.20. The quantitative estimate of drug-likeness (QED) is 0.277. The van der Waals surface area contributed by atoms with Gasteiger partial charge in [-0.15, -0.1) is 23.1 Å². The summed E-state index contributed by atoms with van der Waals surface area (Å²) in [5.74, 6) is -1.05. The molecule has 3 N–H and O–H groups in total. The summed E-state index contributed by atoms with van der Waals surface area (Å²) in [6, 6.07) is 5.49. The lowest BCUT2D eigenvalue weighted by Crippen LogP contribution is -2.41. The average molecular weight is 481 g/mol. The second-order valence-electron chi connectivity index (χ2n) is 6.78. The zero-order valence-corrected chi connectivity index (χ0v) is 20.0. The summed E-state index contributed by atoms with van der Waals surface area (Å²) in [7, 11) is 1.27. The third-order valence-corrected chi connectivity index (χ3v) is 7.26. The van der Waals surface area contributed by atoms with E-state index in [4.69, 9.17) is 4.74 Å². The summed E-state index contributed by atoms with van der Waals surface area (Å²) in [6.45, 7) is 3.96. The first-order valence-corrected chi connectivity index (χ1v) is 12.5. The van der Waals surface area contributed by atoms with Gasteiger partial charge in [0.15, 0.2) is 11.5 Å². The SMILES string of the molecule is COC(=O)[C@H](CCSC)NC(=O)c1sc(SC(C)C)c(C#N)c1-c1ccc(O)c(O)c1. The molecule has 1 aromatic carbocycles. The number of nitriles is 1. The number of rotatable bonds is 9. The number of esters is 1. The maximum atomic E-state index is 13.2. The fourth-order valence-corrected chi connectivity index (χ4v) is 5.87. The molecule has 2 aromatic rings. The molecule has 2 rings (SSSR count). The van der Waals surface area contributed by atoms with E-state index in [1.54, 1.807) is 11.8 Å². The summed E-state index contributed by atoms with van der Waals surface area (Å²) in [5, 5.41) is 32.4. The molecule has 0 aliphatic heterocycles. The molecular formula is C21H24N2O5S3. The molecule has 0 unspecified atom stereocenters. The lowest BCUT2D eigenvalue weighted by atomic mass is 10.0. The smallest absolute Gasteiger partial charge is 0.328 e. The number of methoxy groups -OCH3 is 1. The van der Waals surface area contributed by atoms with E-state index in [9.17, 15) is 25.1 Å². The molecule has 166 valence electrons. The third kappa shape index (κ3) is 6.09. The Bertz CT molecular complexity index is 998. The van der Waals surface area contributed by atoms with E-state index in [0.29, 0.717) is 33.1 Å². The highest BCUT2D eigenvalue weighted by atomic mass is 32.2. The highest BCUT2D eigenvalue weighted by molar-refractivity contribution is 8.01. The molecule has 0 aliphatic rings. The molecule has 0 saturated heterocycles. The minimum atomic E-state index is -0.820. The first-order valence-electron chi connectivity index (χ1n) is 9.36. The maximum Gasteiger partial charge on any atom is 0.328 e.